The van der Waals surface area contributed by atoms with Gasteiger partial charge >= 0.3 is 5.97 Å². The number of hydrogen-bond donors (Lipinski definition) is 1. The number of rotatable bonds is 5. The maximum absolute atomic E-state index is 12.9. The second-order valence-electron chi connectivity index (χ2n) is 9.73. The van der Waals surface area contributed by atoms with E-state index in [4.69, 9.17) is 9.15 Å². The van der Waals surface area contributed by atoms with Crippen LogP contribution in [0.25, 0.3) is 0 Å². The lowest BCUT2D eigenvalue weighted by molar-refractivity contribution is -0.138. The molecule has 0 fully saturated rings. The lowest BCUT2D eigenvalue weighted by Crippen LogP contribution is -2.22. The van der Waals surface area contributed by atoms with Gasteiger partial charge in [0.2, 0.25) is 0 Å². The molecular formula is C28H32O4. The second-order valence-corrected chi connectivity index (χ2v) is 9.73. The summed E-state index contributed by atoms with van der Waals surface area (Å²) in [6.45, 7) is 10.7. The molecule has 0 saturated carbocycles. The standard InChI is InChI=1S/C28H32O4/c1-6-31-27(30)23-17(2)15-21-25(24(23)19-9-7-8-10-19)26(29)22(32-21)16-18-11-13-20(14-12-18)28(3,4)5/h7-9,11-14,24,29H,6,10,15-16H2,1-5H3. The Morgan fingerprint density at radius 1 is 1.22 bits per heavy atom. The fraction of sp³-hybridized carbons (Fsp3) is 0.393. The largest absolute Gasteiger partial charge is 0.504 e. The predicted octanol–water partition coefficient (Wildman–Crippen LogP) is 6.28. The molecule has 0 aliphatic heterocycles. The zero-order chi connectivity index (χ0) is 23.0. The van der Waals surface area contributed by atoms with Crippen molar-refractivity contribution in [3.63, 3.8) is 0 Å². The number of furan rings is 1. The number of benzene rings is 1. The molecule has 0 radical (unpaired) electrons. The molecule has 0 spiro atoms. The summed E-state index contributed by atoms with van der Waals surface area (Å²) in [6.07, 6.45) is 7.84. The molecule has 4 heteroatoms. The number of ether oxygens (including phenoxy) is 1. The van der Waals surface area contributed by atoms with Gasteiger partial charge in [0, 0.05) is 29.9 Å². The van der Waals surface area contributed by atoms with Crippen LogP contribution in [0.2, 0.25) is 0 Å². The molecule has 1 aromatic carbocycles. The van der Waals surface area contributed by atoms with E-state index >= 15 is 0 Å². The molecule has 4 rings (SSSR count). The van der Waals surface area contributed by atoms with E-state index in [1.807, 2.05) is 26.0 Å². The van der Waals surface area contributed by atoms with E-state index in [9.17, 15) is 9.90 Å². The Balaban J connectivity index is 1.71. The van der Waals surface area contributed by atoms with Crippen LogP contribution in [0.3, 0.4) is 0 Å². The molecular weight excluding hydrogens is 400 g/mol. The average Bonchev–Trinajstić information content (AvgIpc) is 3.36. The van der Waals surface area contributed by atoms with Crippen LogP contribution in [0.15, 0.2) is 63.6 Å². The zero-order valence-electron chi connectivity index (χ0n) is 19.6. The van der Waals surface area contributed by atoms with E-state index in [2.05, 4.69) is 51.1 Å². The lowest BCUT2D eigenvalue weighted by atomic mass is 9.76. The number of aromatic hydroxyl groups is 1. The molecule has 0 saturated heterocycles. The SMILES string of the molecule is CCOC(=O)C1=C(C)Cc2oc(Cc3ccc(C(C)(C)C)cc3)c(O)c2C1C1=CC=CC1. The Bertz CT molecular complexity index is 1120. The van der Waals surface area contributed by atoms with Crippen molar-refractivity contribution in [3.8, 4) is 5.75 Å². The van der Waals surface area contributed by atoms with E-state index < -0.39 is 0 Å². The minimum Gasteiger partial charge on any atom is -0.504 e. The Morgan fingerprint density at radius 3 is 2.53 bits per heavy atom. The van der Waals surface area contributed by atoms with Crippen LogP contribution in [-0.4, -0.2) is 17.7 Å². The molecule has 0 amide bonds. The Kier molecular flexibility index (Phi) is 5.89. The van der Waals surface area contributed by atoms with Crippen molar-refractivity contribution in [1.82, 2.24) is 0 Å². The maximum Gasteiger partial charge on any atom is 0.334 e. The highest BCUT2D eigenvalue weighted by atomic mass is 16.5. The van der Waals surface area contributed by atoms with Crippen LogP contribution in [0.5, 0.6) is 5.75 Å². The normalized spacial score (nSPS) is 18.0. The van der Waals surface area contributed by atoms with E-state index in [1.165, 1.54) is 5.56 Å². The average molecular weight is 433 g/mol. The third-order valence-corrected chi connectivity index (χ3v) is 6.38. The highest BCUT2D eigenvalue weighted by Gasteiger charge is 2.39. The van der Waals surface area contributed by atoms with Gasteiger partial charge in [-0.05, 0) is 36.8 Å². The summed E-state index contributed by atoms with van der Waals surface area (Å²) < 4.78 is 11.6. The Morgan fingerprint density at radius 2 is 1.94 bits per heavy atom. The summed E-state index contributed by atoms with van der Waals surface area (Å²) >= 11 is 0. The Labute approximate surface area is 190 Å². The van der Waals surface area contributed by atoms with Gasteiger partial charge in [-0.15, -0.1) is 0 Å². The molecule has 4 nitrogen and oxygen atoms in total. The van der Waals surface area contributed by atoms with Crippen molar-refractivity contribution in [2.75, 3.05) is 6.61 Å². The van der Waals surface area contributed by atoms with Gasteiger partial charge in [-0.25, -0.2) is 4.79 Å². The number of fused-ring (bicyclic) bond motifs is 1. The van der Waals surface area contributed by atoms with Crippen LogP contribution >= 0.6 is 0 Å². The highest BCUT2D eigenvalue weighted by molar-refractivity contribution is 5.93. The minimum absolute atomic E-state index is 0.0907. The minimum atomic E-state index is -0.339. The van der Waals surface area contributed by atoms with Gasteiger partial charge in [-0.3, -0.25) is 0 Å². The van der Waals surface area contributed by atoms with Crippen LogP contribution in [0.1, 0.15) is 75.2 Å². The quantitative estimate of drug-likeness (QED) is 0.565. The van der Waals surface area contributed by atoms with Crippen LogP contribution < -0.4 is 0 Å². The van der Waals surface area contributed by atoms with Gasteiger partial charge < -0.3 is 14.3 Å². The fourth-order valence-electron chi connectivity index (χ4n) is 4.67. The number of carbonyl (C=O) groups excluding carboxylic acids is 1. The summed E-state index contributed by atoms with van der Waals surface area (Å²) in [5.41, 5.74) is 5.79. The van der Waals surface area contributed by atoms with Crippen LogP contribution in [-0.2, 0) is 27.8 Å². The number of esters is 1. The molecule has 1 aromatic heterocycles. The van der Waals surface area contributed by atoms with Gasteiger partial charge in [0.25, 0.3) is 0 Å². The third-order valence-electron chi connectivity index (χ3n) is 6.38. The molecule has 0 bridgehead atoms. The molecule has 2 aliphatic carbocycles. The van der Waals surface area contributed by atoms with Crippen molar-refractivity contribution in [3.05, 3.63) is 87.4 Å². The number of hydrogen-bond acceptors (Lipinski definition) is 4. The maximum atomic E-state index is 12.9. The smallest absolute Gasteiger partial charge is 0.334 e. The third kappa shape index (κ3) is 4.06. The van der Waals surface area contributed by atoms with E-state index in [0.29, 0.717) is 30.8 Å². The highest BCUT2D eigenvalue weighted by Crippen LogP contribution is 2.49. The monoisotopic (exact) mass is 432 g/mol. The fourth-order valence-corrected chi connectivity index (χ4v) is 4.67. The summed E-state index contributed by atoms with van der Waals surface area (Å²) in [7, 11) is 0. The summed E-state index contributed by atoms with van der Waals surface area (Å²) in [5.74, 6) is 0.800. The van der Waals surface area contributed by atoms with E-state index in [0.717, 1.165) is 34.5 Å². The molecule has 2 aromatic rings. The van der Waals surface area contributed by atoms with Gasteiger partial charge in [0.15, 0.2) is 5.75 Å². The van der Waals surface area contributed by atoms with Crippen LogP contribution in [0, 0.1) is 0 Å². The van der Waals surface area contributed by atoms with Crippen LogP contribution in [0.4, 0.5) is 0 Å². The van der Waals surface area contributed by atoms with Gasteiger partial charge in [0.05, 0.1) is 6.61 Å². The van der Waals surface area contributed by atoms with Crippen molar-refractivity contribution in [2.45, 2.75) is 65.2 Å². The molecule has 1 atom stereocenters. The first-order chi connectivity index (χ1) is 15.2. The molecule has 1 N–H and O–H groups in total. The summed E-state index contributed by atoms with van der Waals surface area (Å²) in [4.78, 5) is 12.9. The predicted molar refractivity (Wildman–Crippen MR) is 126 cm³/mol. The molecule has 2 aliphatic rings. The van der Waals surface area contributed by atoms with Gasteiger partial charge in [0.1, 0.15) is 11.5 Å². The van der Waals surface area contributed by atoms with Crippen molar-refractivity contribution < 1.29 is 19.1 Å². The van der Waals surface area contributed by atoms with Gasteiger partial charge in [-0.1, -0.05) is 74.4 Å². The number of carbonyl (C=O) groups is 1. The first kappa shape index (κ1) is 22.2. The molecule has 1 heterocycles. The summed E-state index contributed by atoms with van der Waals surface area (Å²) in [5, 5.41) is 11.3. The molecule has 1 unspecified atom stereocenters. The molecule has 168 valence electrons. The summed E-state index contributed by atoms with van der Waals surface area (Å²) in [6, 6.07) is 8.46. The molecule has 32 heavy (non-hydrogen) atoms. The van der Waals surface area contributed by atoms with Crippen molar-refractivity contribution >= 4 is 5.97 Å². The van der Waals surface area contributed by atoms with E-state index in [1.54, 1.807) is 0 Å². The van der Waals surface area contributed by atoms with Crippen molar-refractivity contribution in [1.29, 1.82) is 0 Å². The topological polar surface area (TPSA) is 59.7 Å². The van der Waals surface area contributed by atoms with E-state index in [-0.39, 0.29) is 23.1 Å². The first-order valence-corrected chi connectivity index (χ1v) is 11.4. The van der Waals surface area contributed by atoms with Crippen molar-refractivity contribution in [2.24, 2.45) is 0 Å². The number of allylic oxidation sites excluding steroid dienone is 5. The zero-order valence-corrected chi connectivity index (χ0v) is 19.6. The Hall–Kier alpha value is -3.01. The second kappa shape index (κ2) is 8.50. The first-order valence-electron chi connectivity index (χ1n) is 11.4. The lowest BCUT2D eigenvalue weighted by Gasteiger charge is -2.27. The van der Waals surface area contributed by atoms with Gasteiger partial charge in [-0.2, -0.15) is 0 Å².